The van der Waals surface area contributed by atoms with Crippen molar-refractivity contribution in [3.8, 4) is 0 Å². The van der Waals surface area contributed by atoms with Gasteiger partial charge in [0.1, 0.15) is 0 Å². The molecule has 0 spiro atoms. The van der Waals surface area contributed by atoms with Crippen LogP contribution >= 0.6 is 12.2 Å². The Hall–Kier alpha value is -1.09. The number of para-hydroxylation sites is 2. The lowest BCUT2D eigenvalue weighted by Crippen LogP contribution is -2.21. The van der Waals surface area contributed by atoms with Crippen molar-refractivity contribution >= 4 is 23.3 Å². The van der Waals surface area contributed by atoms with E-state index >= 15 is 0 Å². The van der Waals surface area contributed by atoms with Gasteiger partial charge in [0.25, 0.3) is 0 Å². The summed E-state index contributed by atoms with van der Waals surface area (Å²) in [5.74, 6) is 0. The summed E-state index contributed by atoms with van der Waals surface area (Å²) in [6, 6.07) is 8.63. The number of imidazole rings is 1. The summed E-state index contributed by atoms with van der Waals surface area (Å²) in [5.41, 5.74) is 2.50. The molecule has 0 aliphatic heterocycles. The maximum absolute atomic E-state index is 5.41. The van der Waals surface area contributed by atoms with Crippen LogP contribution in [0.25, 0.3) is 11.0 Å². The largest absolute Gasteiger partial charge is 0.331 e. The number of hydrogen-bond acceptors (Lipinski definition) is 1. The molecule has 2 nitrogen and oxygen atoms in total. The zero-order valence-electron chi connectivity index (χ0n) is 10.2. The molecule has 1 aromatic carbocycles. The van der Waals surface area contributed by atoms with E-state index in [0.29, 0.717) is 6.04 Å². The van der Waals surface area contributed by atoms with Crippen LogP contribution in [0, 0.1) is 10.2 Å². The van der Waals surface area contributed by atoms with Crippen LogP contribution < -0.4 is 0 Å². The average molecular weight is 234 g/mol. The molecule has 1 heterocycles. The predicted octanol–water partition coefficient (Wildman–Crippen LogP) is 4.31. The van der Waals surface area contributed by atoms with Crippen LogP contribution in [0.2, 0.25) is 0 Å². The molecule has 1 unspecified atom stereocenters. The van der Waals surface area contributed by atoms with Gasteiger partial charge in [-0.3, -0.25) is 0 Å². The number of nitrogens with one attached hydrogen (secondary N) is 1. The van der Waals surface area contributed by atoms with Gasteiger partial charge in [0.2, 0.25) is 0 Å². The van der Waals surface area contributed by atoms with Crippen molar-refractivity contribution in [1.82, 2.24) is 9.55 Å². The average Bonchev–Trinajstić information content (AvgIpc) is 2.51. The van der Waals surface area contributed by atoms with Crippen LogP contribution in [0.3, 0.4) is 0 Å². The second-order valence-corrected chi connectivity index (χ2v) is 5.75. The molecule has 1 atom stereocenters. The number of hydrogen-bond donors (Lipinski definition) is 1. The van der Waals surface area contributed by atoms with Crippen LogP contribution in [-0.2, 0) is 0 Å². The Morgan fingerprint density at radius 3 is 2.50 bits per heavy atom. The Labute approximate surface area is 101 Å². The van der Waals surface area contributed by atoms with Gasteiger partial charge in [0, 0.05) is 6.04 Å². The van der Waals surface area contributed by atoms with Crippen molar-refractivity contribution in [2.75, 3.05) is 0 Å². The molecule has 2 rings (SSSR count). The Morgan fingerprint density at radius 1 is 1.25 bits per heavy atom. The normalized spacial score (nSPS) is 14.2. The lowest BCUT2D eigenvalue weighted by Gasteiger charge is -2.29. The molecule has 1 N–H and O–H groups in total. The Bertz CT molecular complexity index is 557. The molecule has 0 aliphatic rings. The molecule has 0 saturated heterocycles. The first-order valence-corrected chi connectivity index (χ1v) is 6.01. The molecular weight excluding hydrogens is 216 g/mol. The third-order valence-electron chi connectivity index (χ3n) is 3.26. The smallest absolute Gasteiger partial charge is 0.178 e. The topological polar surface area (TPSA) is 20.7 Å². The number of aromatic amines is 1. The highest BCUT2D eigenvalue weighted by Gasteiger charge is 2.23. The number of H-pyrrole nitrogens is 1. The monoisotopic (exact) mass is 234 g/mol. The highest BCUT2D eigenvalue weighted by atomic mass is 32.1. The molecule has 86 valence electrons. The Balaban J connectivity index is 2.69. The first-order chi connectivity index (χ1) is 7.41. The van der Waals surface area contributed by atoms with Crippen LogP contribution in [0.4, 0.5) is 0 Å². The van der Waals surface area contributed by atoms with E-state index in [1.54, 1.807) is 0 Å². The van der Waals surface area contributed by atoms with Crippen molar-refractivity contribution in [3.63, 3.8) is 0 Å². The van der Waals surface area contributed by atoms with E-state index < -0.39 is 0 Å². The molecule has 0 radical (unpaired) electrons. The van der Waals surface area contributed by atoms with Crippen molar-refractivity contribution in [2.45, 2.75) is 33.7 Å². The summed E-state index contributed by atoms with van der Waals surface area (Å²) in [5, 5.41) is 0. The van der Waals surface area contributed by atoms with Crippen molar-refractivity contribution in [2.24, 2.45) is 5.41 Å². The van der Waals surface area contributed by atoms with Gasteiger partial charge in [-0.05, 0) is 36.7 Å². The van der Waals surface area contributed by atoms with E-state index in [4.69, 9.17) is 12.2 Å². The maximum Gasteiger partial charge on any atom is 0.178 e. The first kappa shape index (κ1) is 11.4. The van der Waals surface area contributed by atoms with Crippen LogP contribution in [0.15, 0.2) is 24.3 Å². The summed E-state index contributed by atoms with van der Waals surface area (Å²) in [6.07, 6.45) is 0. The summed E-state index contributed by atoms with van der Waals surface area (Å²) >= 11 is 5.41. The van der Waals surface area contributed by atoms with Gasteiger partial charge in [0.15, 0.2) is 4.77 Å². The van der Waals surface area contributed by atoms with Gasteiger partial charge in [-0.25, -0.2) is 0 Å². The lowest BCUT2D eigenvalue weighted by atomic mass is 9.88. The Morgan fingerprint density at radius 2 is 1.88 bits per heavy atom. The molecule has 0 aliphatic carbocycles. The zero-order chi connectivity index (χ0) is 11.9. The SMILES string of the molecule is CC(n1c(=S)[nH]c2ccccc21)C(C)(C)C. The van der Waals surface area contributed by atoms with Gasteiger partial charge in [0.05, 0.1) is 11.0 Å². The van der Waals surface area contributed by atoms with Crippen molar-refractivity contribution in [1.29, 1.82) is 0 Å². The number of fused-ring (bicyclic) bond motifs is 1. The highest BCUT2D eigenvalue weighted by Crippen LogP contribution is 2.32. The van der Waals surface area contributed by atoms with Gasteiger partial charge < -0.3 is 9.55 Å². The van der Waals surface area contributed by atoms with E-state index in [1.165, 1.54) is 5.52 Å². The lowest BCUT2D eigenvalue weighted by molar-refractivity contribution is 0.265. The fourth-order valence-electron chi connectivity index (χ4n) is 1.85. The molecule has 3 heteroatoms. The molecule has 0 bridgehead atoms. The number of benzene rings is 1. The molecule has 0 amide bonds. The summed E-state index contributed by atoms with van der Waals surface area (Å²) in [7, 11) is 0. The van der Waals surface area contributed by atoms with E-state index in [0.717, 1.165) is 10.3 Å². The minimum Gasteiger partial charge on any atom is -0.331 e. The molecule has 0 fully saturated rings. The predicted molar refractivity (Wildman–Crippen MR) is 71.3 cm³/mol. The first-order valence-electron chi connectivity index (χ1n) is 5.60. The number of aromatic nitrogens is 2. The molecule has 2 aromatic rings. The van der Waals surface area contributed by atoms with Gasteiger partial charge in [-0.15, -0.1) is 0 Å². The fourth-order valence-corrected chi connectivity index (χ4v) is 2.21. The second kappa shape index (κ2) is 3.74. The molecule has 16 heavy (non-hydrogen) atoms. The maximum atomic E-state index is 5.41. The molecule has 0 saturated carbocycles. The van der Waals surface area contributed by atoms with Gasteiger partial charge in [-0.1, -0.05) is 32.9 Å². The van der Waals surface area contributed by atoms with E-state index in [9.17, 15) is 0 Å². The zero-order valence-corrected chi connectivity index (χ0v) is 11.1. The third kappa shape index (κ3) is 1.80. The number of nitrogens with zero attached hydrogens (tertiary/aromatic N) is 1. The standard InChI is InChI=1S/C13H18N2S/c1-9(13(2,3)4)15-11-8-6-5-7-10(11)14-12(15)16/h5-9H,1-4H3,(H,14,16). The summed E-state index contributed by atoms with van der Waals surface area (Å²) in [4.78, 5) is 3.26. The fraction of sp³-hybridized carbons (Fsp3) is 0.462. The Kier molecular flexibility index (Phi) is 2.66. The molecule has 1 aromatic heterocycles. The summed E-state index contributed by atoms with van der Waals surface area (Å²) in [6.45, 7) is 8.93. The van der Waals surface area contributed by atoms with E-state index in [-0.39, 0.29) is 5.41 Å². The van der Waals surface area contributed by atoms with Gasteiger partial charge in [-0.2, -0.15) is 0 Å². The van der Waals surface area contributed by atoms with E-state index in [1.807, 2.05) is 6.07 Å². The summed E-state index contributed by atoms with van der Waals surface area (Å²) < 4.78 is 3.02. The molecular formula is C13H18N2S. The minimum atomic E-state index is 0.198. The van der Waals surface area contributed by atoms with Crippen LogP contribution in [0.5, 0.6) is 0 Å². The number of rotatable bonds is 1. The van der Waals surface area contributed by atoms with E-state index in [2.05, 4.69) is 55.4 Å². The second-order valence-electron chi connectivity index (χ2n) is 5.36. The highest BCUT2D eigenvalue weighted by molar-refractivity contribution is 7.71. The minimum absolute atomic E-state index is 0.198. The van der Waals surface area contributed by atoms with Crippen LogP contribution in [-0.4, -0.2) is 9.55 Å². The quantitative estimate of drug-likeness (QED) is 0.729. The van der Waals surface area contributed by atoms with Crippen molar-refractivity contribution < 1.29 is 0 Å². The van der Waals surface area contributed by atoms with Crippen LogP contribution in [0.1, 0.15) is 33.7 Å². The third-order valence-corrected chi connectivity index (χ3v) is 3.56. The van der Waals surface area contributed by atoms with Gasteiger partial charge >= 0.3 is 0 Å². The van der Waals surface area contributed by atoms with Crippen molar-refractivity contribution in [3.05, 3.63) is 29.0 Å².